The van der Waals surface area contributed by atoms with E-state index in [1.165, 1.54) is 26.1 Å². The predicted molar refractivity (Wildman–Crippen MR) is 136 cm³/mol. The van der Waals surface area contributed by atoms with Gasteiger partial charge in [-0.3, -0.25) is 4.90 Å². The van der Waals surface area contributed by atoms with Crippen molar-refractivity contribution in [1.82, 2.24) is 4.98 Å². The molecule has 39 heavy (non-hydrogen) atoms. The molecule has 0 bridgehead atoms. The molecule has 0 saturated heterocycles. The first kappa shape index (κ1) is 30.4. The zero-order valence-corrected chi connectivity index (χ0v) is 23.6. The Labute approximate surface area is 228 Å². The minimum absolute atomic E-state index is 0.103. The van der Waals surface area contributed by atoms with Gasteiger partial charge >= 0.3 is 18.2 Å². The summed E-state index contributed by atoms with van der Waals surface area (Å²) in [5.41, 5.74) is -2.02. The SMILES string of the molecule is CCOC(=O)c1cc(C(F)(F)F)sc1CN(C(=O)OC(C)(C)C)c1ncc(C2(C#N)CC2)cc1S(=O)(=O)CC. The second-order valence-electron chi connectivity index (χ2n) is 9.88. The second-order valence-corrected chi connectivity index (χ2v) is 13.3. The summed E-state index contributed by atoms with van der Waals surface area (Å²) in [4.78, 5) is 29.2. The monoisotopic (exact) mass is 587 g/mol. The van der Waals surface area contributed by atoms with Gasteiger partial charge in [0.2, 0.25) is 0 Å². The Hall–Kier alpha value is -3.18. The zero-order valence-electron chi connectivity index (χ0n) is 22.0. The van der Waals surface area contributed by atoms with E-state index in [1.54, 1.807) is 20.8 Å². The van der Waals surface area contributed by atoms with Gasteiger partial charge in [-0.15, -0.1) is 11.3 Å². The van der Waals surface area contributed by atoms with Gasteiger partial charge in [0.25, 0.3) is 0 Å². The van der Waals surface area contributed by atoms with Gasteiger partial charge in [-0.05, 0) is 58.2 Å². The number of hydrogen-bond donors (Lipinski definition) is 0. The van der Waals surface area contributed by atoms with Crippen LogP contribution >= 0.6 is 11.3 Å². The fourth-order valence-corrected chi connectivity index (χ4v) is 5.69. The number of nitriles is 1. The number of pyridine rings is 1. The zero-order chi connectivity index (χ0) is 29.4. The molecule has 1 aliphatic rings. The lowest BCUT2D eigenvalue weighted by molar-refractivity contribution is -0.134. The third kappa shape index (κ3) is 6.70. The van der Waals surface area contributed by atoms with E-state index in [1.807, 2.05) is 0 Å². The number of sulfone groups is 1. The Balaban J connectivity index is 2.24. The summed E-state index contributed by atoms with van der Waals surface area (Å²) in [6, 6.07) is 4.07. The van der Waals surface area contributed by atoms with Crippen molar-refractivity contribution in [3.05, 3.63) is 39.2 Å². The fraction of sp³-hybridized carbons (Fsp3) is 0.520. The molecule has 0 unspecified atom stereocenters. The normalized spacial score (nSPS) is 14.8. The highest BCUT2D eigenvalue weighted by Crippen LogP contribution is 2.48. The molecule has 0 aliphatic heterocycles. The van der Waals surface area contributed by atoms with E-state index in [9.17, 15) is 36.4 Å². The van der Waals surface area contributed by atoms with Crippen LogP contribution in [0.3, 0.4) is 0 Å². The average molecular weight is 588 g/mol. The van der Waals surface area contributed by atoms with Gasteiger partial charge in [-0.2, -0.15) is 18.4 Å². The van der Waals surface area contributed by atoms with Crippen molar-refractivity contribution < 1.29 is 40.7 Å². The molecule has 0 spiro atoms. The van der Waals surface area contributed by atoms with E-state index < -0.39 is 56.1 Å². The van der Waals surface area contributed by atoms with Gasteiger partial charge in [0.1, 0.15) is 15.4 Å². The summed E-state index contributed by atoms with van der Waals surface area (Å²) < 4.78 is 77.4. The molecule has 0 aromatic carbocycles. The first-order valence-corrected chi connectivity index (χ1v) is 14.5. The maximum Gasteiger partial charge on any atom is 0.425 e. The van der Waals surface area contributed by atoms with Crippen molar-refractivity contribution in [2.75, 3.05) is 17.3 Å². The molecule has 2 aromatic heterocycles. The van der Waals surface area contributed by atoms with E-state index >= 15 is 0 Å². The highest BCUT2D eigenvalue weighted by molar-refractivity contribution is 7.91. The van der Waals surface area contributed by atoms with Crippen LogP contribution in [0.1, 0.15) is 73.1 Å². The smallest absolute Gasteiger partial charge is 0.425 e. The lowest BCUT2D eigenvalue weighted by atomic mass is 10.00. The number of alkyl halides is 3. The molecule has 9 nitrogen and oxygen atoms in total. The Morgan fingerprint density at radius 3 is 2.33 bits per heavy atom. The molecule has 0 atom stereocenters. The highest BCUT2D eigenvalue weighted by Gasteiger charge is 2.46. The molecule has 2 heterocycles. The van der Waals surface area contributed by atoms with Crippen LogP contribution in [0.5, 0.6) is 0 Å². The van der Waals surface area contributed by atoms with E-state index in [2.05, 4.69) is 11.1 Å². The van der Waals surface area contributed by atoms with E-state index in [-0.39, 0.29) is 39.3 Å². The van der Waals surface area contributed by atoms with Crippen LogP contribution in [0.2, 0.25) is 0 Å². The number of nitrogens with zero attached hydrogens (tertiary/aromatic N) is 3. The molecule has 14 heteroatoms. The van der Waals surface area contributed by atoms with Crippen molar-refractivity contribution in [3.8, 4) is 6.07 Å². The number of esters is 1. The summed E-state index contributed by atoms with van der Waals surface area (Å²) in [6.45, 7) is 6.79. The molecule has 3 rings (SSSR count). The third-order valence-corrected chi connectivity index (χ3v) is 8.71. The van der Waals surface area contributed by atoms with Gasteiger partial charge < -0.3 is 9.47 Å². The van der Waals surface area contributed by atoms with Crippen LogP contribution in [0.25, 0.3) is 0 Å². The summed E-state index contributed by atoms with van der Waals surface area (Å²) in [7, 11) is -4.05. The third-order valence-electron chi connectivity index (χ3n) is 5.82. The minimum atomic E-state index is -4.78. The van der Waals surface area contributed by atoms with E-state index in [0.29, 0.717) is 24.5 Å². The topological polar surface area (TPSA) is 127 Å². The van der Waals surface area contributed by atoms with Crippen LogP contribution in [0.15, 0.2) is 23.2 Å². The number of thiophene rings is 1. The van der Waals surface area contributed by atoms with Crippen molar-refractivity contribution in [1.29, 1.82) is 5.26 Å². The van der Waals surface area contributed by atoms with Crippen molar-refractivity contribution in [2.24, 2.45) is 0 Å². The average Bonchev–Trinajstić information content (AvgIpc) is 3.51. The molecule has 1 fully saturated rings. The minimum Gasteiger partial charge on any atom is -0.462 e. The number of anilines is 1. The molecular formula is C25H28F3N3O6S2. The van der Waals surface area contributed by atoms with Crippen LogP contribution in [0, 0.1) is 11.3 Å². The van der Waals surface area contributed by atoms with Crippen molar-refractivity contribution >= 4 is 39.1 Å². The van der Waals surface area contributed by atoms with E-state index in [4.69, 9.17) is 9.47 Å². The van der Waals surface area contributed by atoms with Gasteiger partial charge in [-0.1, -0.05) is 6.92 Å². The van der Waals surface area contributed by atoms with Gasteiger partial charge in [0.05, 0.1) is 36.0 Å². The number of ether oxygens (including phenoxy) is 2. The summed E-state index contributed by atoms with van der Waals surface area (Å²) in [6.07, 6.45) is -3.59. The van der Waals surface area contributed by atoms with Gasteiger partial charge in [-0.25, -0.2) is 23.0 Å². The van der Waals surface area contributed by atoms with Crippen LogP contribution in [-0.4, -0.2) is 43.4 Å². The van der Waals surface area contributed by atoms with E-state index in [0.717, 1.165) is 4.90 Å². The predicted octanol–water partition coefficient (Wildman–Crippen LogP) is 5.63. The first-order chi connectivity index (χ1) is 18.0. The number of carbonyl (C=O) groups excluding carboxylic acids is 2. The number of carbonyl (C=O) groups is 2. The molecule has 0 radical (unpaired) electrons. The Morgan fingerprint density at radius 2 is 1.85 bits per heavy atom. The maximum absolute atomic E-state index is 13.6. The van der Waals surface area contributed by atoms with Gasteiger partial charge in [0, 0.05) is 11.1 Å². The molecular weight excluding hydrogens is 559 g/mol. The first-order valence-electron chi connectivity index (χ1n) is 12.0. The standard InChI is InChI=1S/C25H28F3N3O6S2/c1-6-36-21(32)16-11-19(25(26,27)28)38-17(16)13-31(22(33)37-23(3,4)5)20-18(39(34,35)7-2)10-15(12-30-20)24(14-29)8-9-24/h10-12H,6-9,13H2,1-5H3. The lowest BCUT2D eigenvalue weighted by Crippen LogP contribution is -2.38. The lowest BCUT2D eigenvalue weighted by Gasteiger charge is -2.28. The Morgan fingerprint density at radius 1 is 1.21 bits per heavy atom. The molecule has 1 aliphatic carbocycles. The maximum atomic E-state index is 13.6. The molecule has 2 aromatic rings. The molecule has 212 valence electrons. The van der Waals surface area contributed by atoms with Crippen molar-refractivity contribution in [3.63, 3.8) is 0 Å². The summed E-state index contributed by atoms with van der Waals surface area (Å²) in [5, 5.41) is 9.60. The fourth-order valence-electron chi connectivity index (χ4n) is 3.63. The number of amides is 1. The molecule has 1 amide bonds. The Bertz CT molecular complexity index is 1420. The van der Waals surface area contributed by atoms with Crippen LogP contribution < -0.4 is 4.90 Å². The molecule has 0 N–H and O–H groups in total. The van der Waals surface area contributed by atoms with Crippen LogP contribution in [-0.2, 0) is 37.4 Å². The number of aromatic nitrogens is 1. The highest BCUT2D eigenvalue weighted by atomic mass is 32.2. The van der Waals surface area contributed by atoms with Gasteiger partial charge in [0.15, 0.2) is 15.7 Å². The number of rotatable bonds is 8. The Kier molecular flexibility index (Phi) is 8.38. The quantitative estimate of drug-likeness (QED) is 0.364. The van der Waals surface area contributed by atoms with Crippen LogP contribution in [0.4, 0.5) is 23.8 Å². The number of halogens is 3. The largest absolute Gasteiger partial charge is 0.462 e. The summed E-state index contributed by atoms with van der Waals surface area (Å²) in [5.74, 6) is -1.80. The molecule has 1 saturated carbocycles. The summed E-state index contributed by atoms with van der Waals surface area (Å²) >= 11 is 0.224. The number of hydrogen-bond acceptors (Lipinski definition) is 9. The second kappa shape index (κ2) is 10.8. The van der Waals surface area contributed by atoms with Crippen molar-refractivity contribution in [2.45, 2.75) is 76.1 Å².